The number of amides is 1. The Morgan fingerprint density at radius 1 is 1.04 bits per heavy atom. The van der Waals surface area contributed by atoms with Crippen LogP contribution >= 0.6 is 0 Å². The predicted octanol–water partition coefficient (Wildman–Crippen LogP) is 1.44. The van der Waals surface area contributed by atoms with Crippen LogP contribution < -0.4 is 10.2 Å². The molecule has 1 aromatic carbocycles. The van der Waals surface area contributed by atoms with E-state index in [-0.39, 0.29) is 5.91 Å². The van der Waals surface area contributed by atoms with Crippen LogP contribution in [-0.4, -0.2) is 63.6 Å². The van der Waals surface area contributed by atoms with E-state index in [4.69, 9.17) is 0 Å². The van der Waals surface area contributed by atoms with Gasteiger partial charge >= 0.3 is 0 Å². The van der Waals surface area contributed by atoms with Gasteiger partial charge in [0.15, 0.2) is 0 Å². The van der Waals surface area contributed by atoms with Gasteiger partial charge in [0.05, 0.1) is 0 Å². The van der Waals surface area contributed by atoms with Crippen LogP contribution in [0.5, 0.6) is 0 Å². The quantitative estimate of drug-likeness (QED) is 0.769. The Kier molecular flexibility index (Phi) is 4.26. The fourth-order valence-corrected chi connectivity index (χ4v) is 3.02. The number of nitrogens with zero attached hydrogens (tertiary/aromatic N) is 6. The highest BCUT2D eigenvalue weighted by Crippen LogP contribution is 2.18. The highest BCUT2D eigenvalue weighted by Gasteiger charge is 2.16. The second kappa shape index (κ2) is 6.72. The number of carbonyl (C=O) groups is 1. The second-order valence-electron chi connectivity index (χ2n) is 6.55. The molecule has 1 aliphatic heterocycles. The highest BCUT2D eigenvalue weighted by atomic mass is 16.1. The van der Waals surface area contributed by atoms with Crippen molar-refractivity contribution in [1.29, 1.82) is 0 Å². The van der Waals surface area contributed by atoms with E-state index in [1.54, 1.807) is 10.6 Å². The predicted molar refractivity (Wildman–Crippen MR) is 99.6 cm³/mol. The molecule has 3 aromatic rings. The zero-order valence-corrected chi connectivity index (χ0v) is 14.9. The molecule has 4 rings (SSSR count). The standard InChI is InChI=1S/C18H21N7O/c1-13-7-8-25-17(19-13)21-22-18(25)20-16(26)14-3-5-15(6-4-14)24-11-9-23(2)10-12-24/h3-8H,9-12H2,1-2H3,(H,20,22,26). The molecular formula is C18H21N7O. The number of carbonyl (C=O) groups excluding carboxylic acids is 1. The summed E-state index contributed by atoms with van der Waals surface area (Å²) >= 11 is 0. The first-order valence-corrected chi connectivity index (χ1v) is 8.63. The SMILES string of the molecule is Cc1ccn2c(NC(=O)c3ccc(N4CCN(C)CC4)cc3)nnc2n1. The topological polar surface area (TPSA) is 78.7 Å². The molecule has 134 valence electrons. The van der Waals surface area contributed by atoms with Crippen LogP contribution in [0.15, 0.2) is 36.5 Å². The van der Waals surface area contributed by atoms with E-state index in [9.17, 15) is 4.79 Å². The van der Waals surface area contributed by atoms with Crippen molar-refractivity contribution in [1.82, 2.24) is 24.5 Å². The third-order valence-corrected chi connectivity index (χ3v) is 4.64. The Bertz CT molecular complexity index is 926. The monoisotopic (exact) mass is 351 g/mol. The molecule has 0 unspecified atom stereocenters. The molecule has 1 aliphatic rings. The molecule has 8 nitrogen and oxygen atoms in total. The maximum Gasteiger partial charge on any atom is 0.258 e. The van der Waals surface area contributed by atoms with Gasteiger partial charge < -0.3 is 9.80 Å². The Labute approximate surface area is 151 Å². The Morgan fingerprint density at radius 3 is 2.50 bits per heavy atom. The highest BCUT2D eigenvalue weighted by molar-refractivity contribution is 6.03. The summed E-state index contributed by atoms with van der Waals surface area (Å²) in [5.74, 6) is 0.608. The smallest absolute Gasteiger partial charge is 0.258 e. The summed E-state index contributed by atoms with van der Waals surface area (Å²) in [5, 5.41) is 10.8. The maximum atomic E-state index is 12.5. The summed E-state index contributed by atoms with van der Waals surface area (Å²) in [6.45, 7) is 5.99. The molecule has 0 saturated carbocycles. The Hall–Kier alpha value is -3.00. The van der Waals surface area contributed by atoms with E-state index in [1.165, 1.54) is 0 Å². The van der Waals surface area contributed by atoms with E-state index in [0.717, 1.165) is 37.6 Å². The van der Waals surface area contributed by atoms with Crippen LogP contribution in [0, 0.1) is 6.92 Å². The van der Waals surface area contributed by atoms with Crippen molar-refractivity contribution in [2.45, 2.75) is 6.92 Å². The van der Waals surface area contributed by atoms with Crippen LogP contribution in [0.25, 0.3) is 5.78 Å². The van der Waals surface area contributed by atoms with E-state index in [1.807, 2.05) is 37.3 Å². The van der Waals surface area contributed by atoms with E-state index >= 15 is 0 Å². The number of piperazine rings is 1. The molecule has 0 spiro atoms. The van der Waals surface area contributed by atoms with Gasteiger partial charge in [0, 0.05) is 49.3 Å². The molecule has 26 heavy (non-hydrogen) atoms. The maximum absolute atomic E-state index is 12.5. The van der Waals surface area contributed by atoms with Gasteiger partial charge in [0.1, 0.15) is 0 Å². The summed E-state index contributed by atoms with van der Waals surface area (Å²) in [4.78, 5) is 21.4. The number of nitrogens with one attached hydrogen (secondary N) is 1. The van der Waals surface area contributed by atoms with Crippen LogP contribution in [0.2, 0.25) is 0 Å². The van der Waals surface area contributed by atoms with E-state index in [0.29, 0.717) is 17.3 Å². The van der Waals surface area contributed by atoms with Crippen LogP contribution in [0.1, 0.15) is 16.1 Å². The van der Waals surface area contributed by atoms with Gasteiger partial charge in [-0.25, -0.2) is 4.98 Å². The number of hydrogen-bond acceptors (Lipinski definition) is 6. The number of likely N-dealkylation sites (N-methyl/N-ethyl adjacent to an activating group) is 1. The van der Waals surface area contributed by atoms with E-state index in [2.05, 4.69) is 37.3 Å². The molecule has 0 bridgehead atoms. The van der Waals surface area contributed by atoms with Crippen molar-refractivity contribution in [3.8, 4) is 0 Å². The van der Waals surface area contributed by atoms with Crippen molar-refractivity contribution in [3.05, 3.63) is 47.8 Å². The molecule has 3 heterocycles. The van der Waals surface area contributed by atoms with Crippen LogP contribution in [-0.2, 0) is 0 Å². The number of aryl methyl sites for hydroxylation is 1. The molecule has 0 radical (unpaired) electrons. The second-order valence-corrected chi connectivity index (χ2v) is 6.55. The zero-order chi connectivity index (χ0) is 18.1. The number of fused-ring (bicyclic) bond motifs is 1. The lowest BCUT2D eigenvalue weighted by molar-refractivity contribution is 0.102. The van der Waals surface area contributed by atoms with Crippen molar-refractivity contribution in [2.24, 2.45) is 0 Å². The summed E-state index contributed by atoms with van der Waals surface area (Å²) < 4.78 is 1.66. The Balaban J connectivity index is 1.47. The van der Waals surface area contributed by atoms with Crippen LogP contribution in [0.4, 0.5) is 11.6 Å². The molecule has 1 saturated heterocycles. The molecule has 0 aliphatic carbocycles. The lowest BCUT2D eigenvalue weighted by Crippen LogP contribution is -2.44. The lowest BCUT2D eigenvalue weighted by atomic mass is 10.1. The van der Waals surface area contributed by atoms with E-state index < -0.39 is 0 Å². The minimum Gasteiger partial charge on any atom is -0.369 e. The van der Waals surface area contributed by atoms with Crippen LogP contribution in [0.3, 0.4) is 0 Å². The van der Waals surface area contributed by atoms with Crippen molar-refractivity contribution < 1.29 is 4.79 Å². The third-order valence-electron chi connectivity index (χ3n) is 4.64. The molecule has 2 aromatic heterocycles. The number of anilines is 2. The minimum atomic E-state index is -0.218. The summed E-state index contributed by atoms with van der Waals surface area (Å²) in [6.07, 6.45) is 1.80. The molecule has 1 amide bonds. The van der Waals surface area contributed by atoms with Gasteiger partial charge in [-0.15, -0.1) is 10.2 Å². The number of benzene rings is 1. The third kappa shape index (κ3) is 3.23. The molecule has 1 N–H and O–H groups in total. The van der Waals surface area contributed by atoms with Gasteiger partial charge in [-0.2, -0.15) is 0 Å². The number of hydrogen-bond donors (Lipinski definition) is 1. The summed E-state index contributed by atoms with van der Waals surface area (Å²) in [6, 6.07) is 9.51. The fraction of sp³-hybridized carbons (Fsp3) is 0.333. The van der Waals surface area contributed by atoms with Crippen molar-refractivity contribution in [3.63, 3.8) is 0 Å². The lowest BCUT2D eigenvalue weighted by Gasteiger charge is -2.34. The number of aromatic nitrogens is 4. The molecular weight excluding hydrogens is 330 g/mol. The Morgan fingerprint density at radius 2 is 1.77 bits per heavy atom. The number of rotatable bonds is 3. The first-order valence-electron chi connectivity index (χ1n) is 8.63. The van der Waals surface area contributed by atoms with Crippen molar-refractivity contribution in [2.75, 3.05) is 43.4 Å². The average Bonchev–Trinajstić information content (AvgIpc) is 3.04. The first kappa shape index (κ1) is 16.5. The largest absolute Gasteiger partial charge is 0.369 e. The summed E-state index contributed by atoms with van der Waals surface area (Å²) in [5.41, 5.74) is 2.57. The minimum absolute atomic E-state index is 0.218. The van der Waals surface area contributed by atoms with Gasteiger partial charge in [-0.1, -0.05) is 0 Å². The summed E-state index contributed by atoms with van der Waals surface area (Å²) in [7, 11) is 2.13. The molecule has 0 atom stereocenters. The molecule has 8 heteroatoms. The van der Waals surface area contributed by atoms with Gasteiger partial charge in [0.25, 0.3) is 11.7 Å². The average molecular weight is 351 g/mol. The zero-order valence-electron chi connectivity index (χ0n) is 14.9. The fourth-order valence-electron chi connectivity index (χ4n) is 3.02. The van der Waals surface area contributed by atoms with Crippen molar-refractivity contribution >= 4 is 23.3 Å². The normalized spacial score (nSPS) is 15.4. The molecule has 1 fully saturated rings. The van der Waals surface area contributed by atoms with Gasteiger partial charge in [-0.3, -0.25) is 14.5 Å². The van der Waals surface area contributed by atoms with Gasteiger partial charge in [0.2, 0.25) is 5.95 Å². The first-order chi connectivity index (χ1) is 12.6. The van der Waals surface area contributed by atoms with Gasteiger partial charge in [-0.05, 0) is 44.3 Å².